The number of hydrogen-bond acceptors (Lipinski definition) is 4. The molecule has 2 heterocycles. The fourth-order valence-corrected chi connectivity index (χ4v) is 3.16. The van der Waals surface area contributed by atoms with Gasteiger partial charge in [-0.15, -0.1) is 0 Å². The van der Waals surface area contributed by atoms with E-state index >= 15 is 0 Å². The van der Waals surface area contributed by atoms with Gasteiger partial charge in [0.25, 0.3) is 5.91 Å². The average molecular weight is 338 g/mol. The molecule has 1 unspecified atom stereocenters. The molecule has 24 heavy (non-hydrogen) atoms. The highest BCUT2D eigenvalue weighted by Gasteiger charge is 2.53. The first-order chi connectivity index (χ1) is 11.1. The molecule has 2 amide bonds. The fraction of sp³-hybridized carbons (Fsp3) is 0.778. The molecule has 6 nitrogen and oxygen atoms in total. The topological polar surface area (TPSA) is 67.9 Å². The maximum absolute atomic E-state index is 12.7. The Labute approximate surface area is 144 Å². The van der Waals surface area contributed by atoms with Crippen LogP contribution in [0.5, 0.6) is 0 Å². The maximum atomic E-state index is 12.7. The normalized spacial score (nSPS) is 29.2. The third kappa shape index (κ3) is 4.50. The monoisotopic (exact) mass is 338 g/mol. The lowest BCUT2D eigenvalue weighted by atomic mass is 10.0. The third-order valence-corrected chi connectivity index (χ3v) is 4.17. The Morgan fingerprint density at radius 2 is 2.04 bits per heavy atom. The Balaban J connectivity index is 2.28. The zero-order valence-electron chi connectivity index (χ0n) is 15.4. The van der Waals surface area contributed by atoms with Gasteiger partial charge in [-0.3, -0.25) is 9.69 Å². The van der Waals surface area contributed by atoms with Crippen LogP contribution in [0.15, 0.2) is 12.2 Å². The van der Waals surface area contributed by atoms with Crippen molar-refractivity contribution in [3.05, 3.63) is 12.2 Å². The maximum Gasteiger partial charge on any atom is 0.412 e. The van der Waals surface area contributed by atoms with Crippen LogP contribution in [0.4, 0.5) is 4.79 Å². The van der Waals surface area contributed by atoms with Gasteiger partial charge in [-0.2, -0.15) is 0 Å². The summed E-state index contributed by atoms with van der Waals surface area (Å²) in [5.74, 6) is -0.158. The van der Waals surface area contributed by atoms with Crippen LogP contribution < -0.4 is 5.32 Å². The second-order valence-electron chi connectivity index (χ2n) is 7.90. The van der Waals surface area contributed by atoms with Gasteiger partial charge in [0.2, 0.25) is 0 Å². The van der Waals surface area contributed by atoms with Crippen molar-refractivity contribution >= 4 is 12.0 Å². The summed E-state index contributed by atoms with van der Waals surface area (Å²) in [6.45, 7) is 9.72. The van der Waals surface area contributed by atoms with E-state index in [2.05, 4.69) is 11.4 Å². The predicted octanol–water partition coefficient (Wildman–Crippen LogP) is 2.97. The molecule has 6 heteroatoms. The molecule has 0 spiro atoms. The SMILES string of the molecule is CC(C)(C)OC(=O)N1[C@H]2C/C=C\CCCCNC(=O)C2OC1(C)C. The largest absolute Gasteiger partial charge is 0.444 e. The number of fused-ring (bicyclic) bond motifs is 1. The van der Waals surface area contributed by atoms with Gasteiger partial charge >= 0.3 is 6.09 Å². The molecule has 2 aliphatic rings. The first-order valence-corrected chi connectivity index (χ1v) is 8.75. The minimum absolute atomic E-state index is 0.158. The van der Waals surface area contributed by atoms with Gasteiger partial charge in [0.15, 0.2) is 6.10 Å². The Morgan fingerprint density at radius 3 is 2.71 bits per heavy atom. The molecule has 2 rings (SSSR count). The second-order valence-corrected chi connectivity index (χ2v) is 7.90. The van der Waals surface area contributed by atoms with Crippen LogP contribution in [-0.4, -0.2) is 46.9 Å². The van der Waals surface area contributed by atoms with Gasteiger partial charge in [0, 0.05) is 6.54 Å². The van der Waals surface area contributed by atoms with E-state index in [1.165, 1.54) is 0 Å². The van der Waals surface area contributed by atoms with Crippen molar-refractivity contribution in [2.24, 2.45) is 0 Å². The van der Waals surface area contributed by atoms with Gasteiger partial charge in [0.1, 0.15) is 11.3 Å². The quantitative estimate of drug-likeness (QED) is 0.690. The molecule has 0 bridgehead atoms. The smallest absolute Gasteiger partial charge is 0.412 e. The molecule has 1 saturated heterocycles. The fourth-order valence-electron chi connectivity index (χ4n) is 3.16. The van der Waals surface area contributed by atoms with E-state index in [0.717, 1.165) is 19.3 Å². The zero-order chi connectivity index (χ0) is 18.0. The second kappa shape index (κ2) is 7.13. The molecule has 0 aliphatic carbocycles. The molecular weight excluding hydrogens is 308 g/mol. The summed E-state index contributed by atoms with van der Waals surface area (Å²) in [5, 5.41) is 2.93. The molecular formula is C18H30N2O4. The summed E-state index contributed by atoms with van der Waals surface area (Å²) in [7, 11) is 0. The van der Waals surface area contributed by atoms with Gasteiger partial charge in [-0.1, -0.05) is 12.2 Å². The van der Waals surface area contributed by atoms with Gasteiger partial charge in [-0.05, 0) is 60.3 Å². The number of rotatable bonds is 0. The first kappa shape index (κ1) is 18.8. The molecule has 1 N–H and O–H groups in total. The van der Waals surface area contributed by atoms with Crippen LogP contribution in [0.2, 0.25) is 0 Å². The molecule has 1 fully saturated rings. The van der Waals surface area contributed by atoms with Crippen molar-refractivity contribution < 1.29 is 19.1 Å². The first-order valence-electron chi connectivity index (χ1n) is 8.75. The Bertz CT molecular complexity index is 508. The summed E-state index contributed by atoms with van der Waals surface area (Å²) in [4.78, 5) is 26.8. The van der Waals surface area contributed by atoms with Gasteiger partial charge in [-0.25, -0.2) is 4.79 Å². The van der Waals surface area contributed by atoms with Crippen LogP contribution in [0.3, 0.4) is 0 Å². The number of nitrogens with one attached hydrogen (secondary N) is 1. The molecule has 2 atom stereocenters. The highest BCUT2D eigenvalue weighted by molar-refractivity contribution is 5.83. The van der Waals surface area contributed by atoms with E-state index in [9.17, 15) is 9.59 Å². The number of carbonyl (C=O) groups is 2. The van der Waals surface area contributed by atoms with E-state index in [1.54, 1.807) is 18.7 Å². The highest BCUT2D eigenvalue weighted by atomic mass is 16.6. The predicted molar refractivity (Wildman–Crippen MR) is 91.4 cm³/mol. The van der Waals surface area contributed by atoms with Crippen LogP contribution in [0, 0.1) is 0 Å². The van der Waals surface area contributed by atoms with E-state index < -0.39 is 23.5 Å². The molecule has 136 valence electrons. The number of amides is 2. The zero-order valence-corrected chi connectivity index (χ0v) is 15.4. The minimum Gasteiger partial charge on any atom is -0.444 e. The summed E-state index contributed by atoms with van der Waals surface area (Å²) < 4.78 is 11.5. The molecule has 0 aromatic carbocycles. The van der Waals surface area contributed by atoms with Crippen LogP contribution in [0.1, 0.15) is 60.3 Å². The Hall–Kier alpha value is -1.56. The number of carbonyl (C=O) groups excluding carboxylic acids is 2. The van der Waals surface area contributed by atoms with Crippen LogP contribution in [0.25, 0.3) is 0 Å². The summed E-state index contributed by atoms with van der Waals surface area (Å²) >= 11 is 0. The van der Waals surface area contributed by atoms with E-state index in [1.807, 2.05) is 26.8 Å². The number of hydrogen-bond donors (Lipinski definition) is 1. The van der Waals surface area contributed by atoms with Crippen molar-refractivity contribution in [1.29, 1.82) is 0 Å². The number of allylic oxidation sites excluding steroid dienone is 1. The van der Waals surface area contributed by atoms with Crippen molar-refractivity contribution in [2.45, 2.75) is 83.8 Å². The minimum atomic E-state index is -0.896. The summed E-state index contributed by atoms with van der Waals surface area (Å²) in [6, 6.07) is -0.371. The average Bonchev–Trinajstić information content (AvgIpc) is 2.68. The summed E-state index contributed by atoms with van der Waals surface area (Å²) in [5.41, 5.74) is -1.50. The van der Waals surface area contributed by atoms with E-state index in [0.29, 0.717) is 13.0 Å². The van der Waals surface area contributed by atoms with E-state index in [4.69, 9.17) is 9.47 Å². The molecule has 2 aliphatic heterocycles. The van der Waals surface area contributed by atoms with E-state index in [-0.39, 0.29) is 11.9 Å². The Morgan fingerprint density at radius 1 is 1.33 bits per heavy atom. The number of ether oxygens (including phenoxy) is 2. The highest BCUT2D eigenvalue weighted by Crippen LogP contribution is 2.35. The van der Waals surface area contributed by atoms with Gasteiger partial charge in [0.05, 0.1) is 6.04 Å². The van der Waals surface area contributed by atoms with Crippen LogP contribution in [-0.2, 0) is 14.3 Å². The van der Waals surface area contributed by atoms with Crippen molar-refractivity contribution in [3.8, 4) is 0 Å². The number of nitrogens with zero attached hydrogens (tertiary/aromatic N) is 1. The van der Waals surface area contributed by atoms with Crippen molar-refractivity contribution in [1.82, 2.24) is 10.2 Å². The molecule has 0 aromatic heterocycles. The lowest BCUT2D eigenvalue weighted by Crippen LogP contribution is -2.51. The molecule has 0 radical (unpaired) electrons. The lowest BCUT2D eigenvalue weighted by Gasteiger charge is -2.34. The van der Waals surface area contributed by atoms with Crippen molar-refractivity contribution in [2.75, 3.05) is 6.54 Å². The standard InChI is InChI=1S/C18H30N2O4/c1-17(2,3)24-16(22)20-13-11-9-7-6-8-10-12-19-15(21)14(13)23-18(20,4)5/h7,9,13-14H,6,8,10-12H2,1-5H3,(H,19,21)/b9-7-/t13-,14?/m0/s1. The summed E-state index contributed by atoms with van der Waals surface area (Å²) in [6.07, 6.45) is 6.54. The lowest BCUT2D eigenvalue weighted by molar-refractivity contribution is -0.138. The molecule has 0 aromatic rings. The molecule has 0 saturated carbocycles. The third-order valence-electron chi connectivity index (χ3n) is 4.17. The van der Waals surface area contributed by atoms with Crippen LogP contribution >= 0.6 is 0 Å². The van der Waals surface area contributed by atoms with Crippen molar-refractivity contribution in [3.63, 3.8) is 0 Å². The Kier molecular flexibility index (Phi) is 5.58. The van der Waals surface area contributed by atoms with Gasteiger partial charge < -0.3 is 14.8 Å².